The molecule has 1 heterocycles. The van der Waals surface area contributed by atoms with Gasteiger partial charge in [-0.1, -0.05) is 0 Å². The number of halogens is 1. The molecule has 0 radical (unpaired) electrons. The van der Waals surface area contributed by atoms with Gasteiger partial charge in [0.15, 0.2) is 11.6 Å². The number of nitrogens with two attached hydrogens (primary N) is 2. The van der Waals surface area contributed by atoms with Gasteiger partial charge in [-0.3, -0.25) is 0 Å². The number of benzene rings is 1. The molecule has 0 saturated heterocycles. The van der Waals surface area contributed by atoms with Crippen LogP contribution in [0.1, 0.15) is 0 Å². The zero-order valence-corrected chi connectivity index (χ0v) is 7.18. The van der Waals surface area contributed by atoms with Gasteiger partial charge in [-0.2, -0.15) is 0 Å². The van der Waals surface area contributed by atoms with Crippen LogP contribution in [0.5, 0.6) is 0 Å². The smallest absolute Gasteiger partial charge is 0.190 e. The zero-order valence-electron chi connectivity index (χ0n) is 7.18. The Kier molecular flexibility index (Phi) is 1.81. The normalized spacial score (nSPS) is 10.4. The maximum atomic E-state index is 12.6. The van der Waals surface area contributed by atoms with E-state index in [1.54, 1.807) is 0 Å². The molecule has 0 bridgehead atoms. The molecule has 0 fully saturated rings. The van der Waals surface area contributed by atoms with Crippen molar-refractivity contribution in [2.45, 2.75) is 0 Å². The van der Waals surface area contributed by atoms with Crippen LogP contribution < -0.4 is 11.5 Å². The van der Waals surface area contributed by atoms with Crippen LogP contribution in [-0.2, 0) is 0 Å². The third-order valence-electron chi connectivity index (χ3n) is 1.72. The van der Waals surface area contributed by atoms with Crippen molar-refractivity contribution in [1.29, 1.82) is 0 Å². The molecule has 1 aromatic heterocycles. The van der Waals surface area contributed by atoms with Crippen molar-refractivity contribution in [2.24, 2.45) is 0 Å². The lowest BCUT2D eigenvalue weighted by molar-refractivity contribution is 0.626. The number of anilines is 2. The third kappa shape index (κ3) is 1.37. The molecule has 6 heteroatoms. The summed E-state index contributed by atoms with van der Waals surface area (Å²) >= 11 is 0. The van der Waals surface area contributed by atoms with E-state index in [9.17, 15) is 4.39 Å². The number of hydrogen-bond acceptors (Lipinski definition) is 4. The minimum absolute atomic E-state index is 0.161. The second kappa shape index (κ2) is 2.99. The molecule has 2 rings (SSSR count). The molecule has 0 atom stereocenters. The van der Waals surface area contributed by atoms with Crippen molar-refractivity contribution in [3.05, 3.63) is 30.1 Å². The summed E-state index contributed by atoms with van der Waals surface area (Å²) in [6, 6.07) is 5.69. The number of rotatable bonds is 1. The van der Waals surface area contributed by atoms with Crippen molar-refractivity contribution in [3.63, 3.8) is 0 Å². The van der Waals surface area contributed by atoms with Gasteiger partial charge in [0.1, 0.15) is 5.82 Å². The van der Waals surface area contributed by atoms with Crippen molar-refractivity contribution in [3.8, 4) is 5.69 Å². The van der Waals surface area contributed by atoms with Crippen LogP contribution in [0.15, 0.2) is 24.3 Å². The molecule has 0 saturated carbocycles. The Labute approximate surface area is 79.1 Å². The average molecular weight is 193 g/mol. The lowest BCUT2D eigenvalue weighted by Gasteiger charge is -1.97. The summed E-state index contributed by atoms with van der Waals surface area (Å²) < 4.78 is 12.6. The van der Waals surface area contributed by atoms with Gasteiger partial charge < -0.3 is 11.5 Å². The Morgan fingerprint density at radius 3 is 2.00 bits per heavy atom. The van der Waals surface area contributed by atoms with Crippen LogP contribution in [0.4, 0.5) is 16.0 Å². The van der Waals surface area contributed by atoms with Gasteiger partial charge in [-0.05, 0) is 24.3 Å². The molecule has 14 heavy (non-hydrogen) atoms. The van der Waals surface area contributed by atoms with Crippen LogP contribution in [0.2, 0.25) is 0 Å². The second-order valence-electron chi connectivity index (χ2n) is 2.74. The Morgan fingerprint density at radius 2 is 1.50 bits per heavy atom. The van der Waals surface area contributed by atoms with Gasteiger partial charge in [0.05, 0.1) is 5.69 Å². The largest absolute Gasteiger partial charge is 0.379 e. The Bertz CT molecular complexity index is 428. The van der Waals surface area contributed by atoms with E-state index in [1.807, 2.05) is 0 Å². The SMILES string of the molecule is Nc1nn(-c2ccc(F)cc2)nc1N. The van der Waals surface area contributed by atoms with Gasteiger partial charge >= 0.3 is 0 Å². The van der Waals surface area contributed by atoms with E-state index < -0.39 is 0 Å². The summed E-state index contributed by atoms with van der Waals surface area (Å²) in [4.78, 5) is 1.25. The molecule has 72 valence electrons. The zero-order chi connectivity index (χ0) is 10.1. The fourth-order valence-electron chi connectivity index (χ4n) is 1.02. The topological polar surface area (TPSA) is 82.8 Å². The molecule has 0 aliphatic carbocycles. The van der Waals surface area contributed by atoms with Crippen LogP contribution in [0, 0.1) is 5.82 Å². The summed E-state index contributed by atoms with van der Waals surface area (Å²) in [6.07, 6.45) is 0. The fraction of sp³-hybridized carbons (Fsp3) is 0. The van der Waals surface area contributed by atoms with Crippen molar-refractivity contribution in [1.82, 2.24) is 15.0 Å². The van der Waals surface area contributed by atoms with Gasteiger partial charge in [0, 0.05) is 0 Å². The second-order valence-corrected chi connectivity index (χ2v) is 2.74. The Morgan fingerprint density at radius 1 is 1.00 bits per heavy atom. The first-order chi connectivity index (χ1) is 6.66. The average Bonchev–Trinajstić information content (AvgIpc) is 2.48. The molecular weight excluding hydrogens is 185 g/mol. The predicted molar refractivity (Wildman–Crippen MR) is 50.1 cm³/mol. The first kappa shape index (κ1) is 8.49. The van der Waals surface area contributed by atoms with E-state index >= 15 is 0 Å². The number of aromatic nitrogens is 3. The molecule has 0 aliphatic heterocycles. The highest BCUT2D eigenvalue weighted by Gasteiger charge is 2.04. The third-order valence-corrected chi connectivity index (χ3v) is 1.72. The summed E-state index contributed by atoms with van der Waals surface area (Å²) in [5.41, 5.74) is 11.4. The minimum atomic E-state index is -0.318. The van der Waals surface area contributed by atoms with Gasteiger partial charge in [0.25, 0.3) is 0 Å². The summed E-state index contributed by atoms with van der Waals surface area (Å²) in [6.45, 7) is 0. The van der Waals surface area contributed by atoms with E-state index in [-0.39, 0.29) is 17.5 Å². The van der Waals surface area contributed by atoms with Crippen molar-refractivity contribution < 1.29 is 4.39 Å². The van der Waals surface area contributed by atoms with E-state index in [2.05, 4.69) is 10.2 Å². The summed E-state index contributed by atoms with van der Waals surface area (Å²) in [5, 5.41) is 7.69. The first-order valence-corrected chi connectivity index (χ1v) is 3.91. The number of hydrogen-bond donors (Lipinski definition) is 2. The maximum Gasteiger partial charge on any atom is 0.190 e. The van der Waals surface area contributed by atoms with E-state index in [0.717, 1.165) is 0 Å². The first-order valence-electron chi connectivity index (χ1n) is 3.91. The van der Waals surface area contributed by atoms with Crippen LogP contribution in [-0.4, -0.2) is 15.0 Å². The number of nitrogens with zero attached hydrogens (tertiary/aromatic N) is 3. The van der Waals surface area contributed by atoms with Gasteiger partial charge in [-0.15, -0.1) is 15.0 Å². The molecule has 5 nitrogen and oxygen atoms in total. The minimum Gasteiger partial charge on any atom is -0.379 e. The summed E-state index contributed by atoms with van der Waals surface area (Å²) in [7, 11) is 0. The lowest BCUT2D eigenvalue weighted by atomic mass is 10.3. The molecule has 0 aliphatic rings. The van der Waals surface area contributed by atoms with Gasteiger partial charge in [-0.25, -0.2) is 4.39 Å². The molecule has 0 amide bonds. The van der Waals surface area contributed by atoms with Crippen molar-refractivity contribution in [2.75, 3.05) is 11.5 Å². The number of nitrogen functional groups attached to an aromatic ring is 2. The highest BCUT2D eigenvalue weighted by molar-refractivity contribution is 5.51. The highest BCUT2D eigenvalue weighted by Crippen LogP contribution is 2.11. The van der Waals surface area contributed by atoms with Crippen molar-refractivity contribution >= 4 is 11.6 Å². The molecule has 4 N–H and O–H groups in total. The van der Waals surface area contributed by atoms with Gasteiger partial charge in [0.2, 0.25) is 0 Å². The highest BCUT2D eigenvalue weighted by atomic mass is 19.1. The lowest BCUT2D eigenvalue weighted by Crippen LogP contribution is -1.99. The standard InChI is InChI=1S/C8H8FN5/c9-5-1-3-6(4-2-5)14-12-7(10)8(11)13-14/h1-4H,(H2,10,12)(H2,11,13). The Balaban J connectivity index is 2.44. The van der Waals surface area contributed by atoms with Crippen LogP contribution in [0.25, 0.3) is 5.69 Å². The molecule has 1 aromatic carbocycles. The molecular formula is C8H8FN5. The maximum absolute atomic E-state index is 12.6. The van der Waals surface area contributed by atoms with Crippen LogP contribution in [0.3, 0.4) is 0 Å². The van der Waals surface area contributed by atoms with E-state index in [0.29, 0.717) is 5.69 Å². The molecule has 0 unspecified atom stereocenters. The molecule has 0 spiro atoms. The monoisotopic (exact) mass is 193 g/mol. The fourth-order valence-corrected chi connectivity index (χ4v) is 1.02. The van der Waals surface area contributed by atoms with E-state index in [4.69, 9.17) is 11.5 Å². The van der Waals surface area contributed by atoms with Crippen LogP contribution >= 0.6 is 0 Å². The van der Waals surface area contributed by atoms with E-state index in [1.165, 1.54) is 29.1 Å². The quantitative estimate of drug-likeness (QED) is 0.693. The molecule has 2 aromatic rings. The Hall–Kier alpha value is -2.11. The summed E-state index contributed by atoms with van der Waals surface area (Å²) in [5.74, 6) is 0.00509. The predicted octanol–water partition coefficient (Wildman–Crippen LogP) is 0.571.